The molecule has 0 atom stereocenters. The van der Waals surface area contributed by atoms with Crippen LogP contribution in [0.3, 0.4) is 0 Å². The van der Waals surface area contributed by atoms with Crippen molar-refractivity contribution in [2.75, 3.05) is 0 Å². The van der Waals surface area contributed by atoms with Gasteiger partial charge in [-0.1, -0.05) is 25.7 Å². The molecule has 9 nitrogen and oxygen atoms in total. The fraction of sp³-hybridized carbons (Fsp3) is 0.483. The standard InChI is InChI=1S/C15H18F3N3O3S.C14H14ClF3O3S/c1-8-6-12(25(23,24)9-4-2-3-5-9)11(15(16,17)18)7-10(8)13(22)21-14(19)20;1-8-6-12(22(20,21)9-4-2-3-5-9)11(14(16,17)18)7-10(8)13(15)19/h6-7,9H,2-5H2,1H3,(H4,19,20,21,22);6-7,9H,2-5H2,1H3. The van der Waals surface area contributed by atoms with E-state index in [0.717, 1.165) is 12.1 Å². The van der Waals surface area contributed by atoms with Gasteiger partial charge in [-0.25, -0.2) is 16.8 Å². The molecular weight excluding hydrogens is 700 g/mol. The number of benzene rings is 2. The zero-order chi connectivity index (χ0) is 35.7. The predicted molar refractivity (Wildman–Crippen MR) is 162 cm³/mol. The fourth-order valence-corrected chi connectivity index (χ4v) is 10.1. The third-order valence-corrected chi connectivity index (χ3v) is 12.8. The molecule has 2 fully saturated rings. The Kier molecular flexibility index (Phi) is 11.5. The highest BCUT2D eigenvalue weighted by molar-refractivity contribution is 7.92. The lowest BCUT2D eigenvalue weighted by Crippen LogP contribution is -2.25. The Bertz CT molecular complexity index is 1790. The van der Waals surface area contributed by atoms with E-state index < -0.39 is 86.1 Å². The summed E-state index contributed by atoms with van der Waals surface area (Å²) in [6.07, 6.45) is -5.77. The van der Waals surface area contributed by atoms with Gasteiger partial charge in [-0.2, -0.15) is 31.3 Å². The van der Waals surface area contributed by atoms with Gasteiger partial charge in [0.25, 0.3) is 11.1 Å². The summed E-state index contributed by atoms with van der Waals surface area (Å²) in [5.74, 6) is -1.66. The Morgan fingerprint density at radius 3 is 1.36 bits per heavy atom. The lowest BCUT2D eigenvalue weighted by molar-refractivity contribution is -0.140. The average Bonchev–Trinajstić information content (AvgIpc) is 3.67. The van der Waals surface area contributed by atoms with Gasteiger partial charge in [0, 0.05) is 11.1 Å². The molecule has 2 aliphatic carbocycles. The van der Waals surface area contributed by atoms with Crippen LogP contribution in [0.25, 0.3) is 0 Å². The maximum atomic E-state index is 13.4. The fourth-order valence-electron chi connectivity index (χ4n) is 5.65. The van der Waals surface area contributed by atoms with Crippen molar-refractivity contribution in [3.63, 3.8) is 0 Å². The van der Waals surface area contributed by atoms with E-state index in [1.165, 1.54) is 13.8 Å². The Hall–Kier alpha value is -3.18. The number of nitrogens with two attached hydrogens (primary N) is 2. The quantitative estimate of drug-likeness (QED) is 0.152. The van der Waals surface area contributed by atoms with Gasteiger partial charge in [-0.05, 0) is 86.5 Å². The Morgan fingerprint density at radius 2 is 1.04 bits per heavy atom. The van der Waals surface area contributed by atoms with Crippen molar-refractivity contribution in [3.8, 4) is 0 Å². The van der Waals surface area contributed by atoms with Crippen LogP contribution in [0.2, 0.25) is 0 Å². The van der Waals surface area contributed by atoms with Gasteiger partial charge in [0.15, 0.2) is 25.6 Å². The van der Waals surface area contributed by atoms with Crippen molar-refractivity contribution >= 4 is 48.4 Å². The second-order valence-corrected chi connectivity index (χ2v) is 16.1. The summed E-state index contributed by atoms with van der Waals surface area (Å²) in [6.45, 7) is 2.70. The number of halogens is 7. The van der Waals surface area contributed by atoms with E-state index in [9.17, 15) is 52.8 Å². The maximum Gasteiger partial charge on any atom is 0.417 e. The van der Waals surface area contributed by atoms with E-state index in [-0.39, 0.29) is 16.7 Å². The topological polar surface area (TPSA) is 167 Å². The molecule has 2 aromatic carbocycles. The Labute approximate surface area is 272 Å². The summed E-state index contributed by atoms with van der Waals surface area (Å²) in [5.41, 5.74) is 6.89. The average molecular weight is 732 g/mol. The number of alkyl halides is 6. The molecule has 0 spiro atoms. The van der Waals surface area contributed by atoms with E-state index in [1.54, 1.807) is 0 Å². The van der Waals surface area contributed by atoms with Crippen molar-refractivity contribution in [1.29, 1.82) is 0 Å². The van der Waals surface area contributed by atoms with Crippen LogP contribution in [-0.2, 0) is 32.0 Å². The van der Waals surface area contributed by atoms with Gasteiger partial charge < -0.3 is 11.5 Å². The highest BCUT2D eigenvalue weighted by Gasteiger charge is 2.43. The molecule has 0 radical (unpaired) electrons. The van der Waals surface area contributed by atoms with Gasteiger partial charge in [-0.3, -0.25) is 9.59 Å². The number of rotatable bonds is 6. The van der Waals surface area contributed by atoms with Crippen LogP contribution in [0.15, 0.2) is 39.0 Å². The minimum atomic E-state index is -4.94. The summed E-state index contributed by atoms with van der Waals surface area (Å²) >= 11 is 5.27. The lowest BCUT2D eigenvalue weighted by Gasteiger charge is -2.18. The number of sulfone groups is 2. The first-order chi connectivity index (χ1) is 21.5. The highest BCUT2D eigenvalue weighted by Crippen LogP contribution is 2.41. The van der Waals surface area contributed by atoms with Crippen LogP contribution >= 0.6 is 11.6 Å². The molecule has 2 aliphatic rings. The molecule has 0 aliphatic heterocycles. The van der Waals surface area contributed by atoms with Gasteiger partial charge in [-0.15, -0.1) is 0 Å². The maximum absolute atomic E-state index is 13.4. The Morgan fingerprint density at radius 1 is 0.702 bits per heavy atom. The smallest absolute Gasteiger partial charge is 0.370 e. The molecule has 0 heterocycles. The van der Waals surface area contributed by atoms with Crippen LogP contribution < -0.4 is 11.5 Å². The monoisotopic (exact) mass is 731 g/mol. The van der Waals surface area contributed by atoms with E-state index in [0.29, 0.717) is 63.5 Å². The molecule has 1 amide bonds. The molecular formula is C29H32ClF6N3O6S2. The predicted octanol–water partition coefficient (Wildman–Crippen LogP) is 6.25. The minimum Gasteiger partial charge on any atom is -0.370 e. The number of hydrogen-bond donors (Lipinski definition) is 2. The second kappa shape index (κ2) is 14.1. The molecule has 0 saturated heterocycles. The van der Waals surface area contributed by atoms with Crippen molar-refractivity contribution in [2.45, 2.75) is 97.9 Å². The van der Waals surface area contributed by atoms with Gasteiger partial charge in [0.1, 0.15) is 0 Å². The molecule has 0 bridgehead atoms. The van der Waals surface area contributed by atoms with Crippen LogP contribution in [0.5, 0.6) is 0 Å². The van der Waals surface area contributed by atoms with E-state index in [2.05, 4.69) is 4.99 Å². The van der Waals surface area contributed by atoms with Crippen LogP contribution in [0.1, 0.15) is 94.3 Å². The highest BCUT2D eigenvalue weighted by atomic mass is 35.5. The Balaban J connectivity index is 0.000000257. The van der Waals surface area contributed by atoms with Crippen molar-refractivity contribution in [2.24, 2.45) is 16.5 Å². The SMILES string of the molecule is Cc1cc(S(=O)(=O)C2CCCC2)c(C(F)(F)F)cc1C(=O)Cl.Cc1cc(S(=O)(=O)C2CCCC2)c(C(F)(F)F)cc1C(=O)N=C(N)N. The molecule has 2 aromatic rings. The van der Waals surface area contributed by atoms with Crippen LogP contribution in [0.4, 0.5) is 26.3 Å². The molecule has 47 heavy (non-hydrogen) atoms. The first kappa shape index (κ1) is 38.3. The summed E-state index contributed by atoms with van der Waals surface area (Å²) in [4.78, 5) is 24.8. The zero-order valence-electron chi connectivity index (χ0n) is 25.1. The normalized spacial score (nSPS) is 16.4. The number of hydrogen-bond acceptors (Lipinski definition) is 6. The van der Waals surface area contributed by atoms with Crippen molar-refractivity contribution < 1.29 is 52.8 Å². The van der Waals surface area contributed by atoms with Crippen LogP contribution in [0, 0.1) is 13.8 Å². The summed E-state index contributed by atoms with van der Waals surface area (Å²) in [7, 11) is -8.25. The number of carbonyl (C=O) groups excluding carboxylic acids is 2. The van der Waals surface area contributed by atoms with Crippen molar-refractivity contribution in [1.82, 2.24) is 0 Å². The number of aryl methyl sites for hydroxylation is 2. The largest absolute Gasteiger partial charge is 0.417 e. The van der Waals surface area contributed by atoms with Gasteiger partial charge in [0.05, 0.1) is 31.4 Å². The number of nitrogens with zero attached hydrogens (tertiary/aromatic N) is 1. The van der Waals surface area contributed by atoms with Gasteiger partial charge in [0.2, 0.25) is 0 Å². The number of carbonyl (C=O) groups is 2. The van der Waals surface area contributed by atoms with E-state index in [1.807, 2.05) is 0 Å². The molecule has 0 aromatic heterocycles. The number of aliphatic imine (C=N–C) groups is 1. The summed E-state index contributed by atoms with van der Waals surface area (Å²) in [5, 5.41) is -2.69. The van der Waals surface area contributed by atoms with Crippen molar-refractivity contribution in [3.05, 3.63) is 57.6 Å². The first-order valence-electron chi connectivity index (χ1n) is 14.2. The number of amides is 1. The summed E-state index contributed by atoms with van der Waals surface area (Å²) < 4.78 is 130. The lowest BCUT2D eigenvalue weighted by atomic mass is 10.0. The van der Waals surface area contributed by atoms with E-state index in [4.69, 9.17) is 23.1 Å². The molecule has 260 valence electrons. The molecule has 18 heteroatoms. The third kappa shape index (κ3) is 8.65. The third-order valence-electron chi connectivity index (χ3n) is 8.03. The molecule has 0 unspecified atom stereocenters. The van der Waals surface area contributed by atoms with Gasteiger partial charge >= 0.3 is 12.4 Å². The van der Waals surface area contributed by atoms with E-state index >= 15 is 0 Å². The first-order valence-corrected chi connectivity index (χ1v) is 17.7. The molecule has 4 rings (SSSR count). The molecule has 4 N–H and O–H groups in total. The molecule has 2 saturated carbocycles. The second-order valence-electron chi connectivity index (χ2n) is 11.3. The summed E-state index contributed by atoms with van der Waals surface area (Å²) in [6, 6.07) is 2.83. The minimum absolute atomic E-state index is 0.0552. The zero-order valence-corrected chi connectivity index (χ0v) is 27.5. The van der Waals surface area contributed by atoms with Crippen LogP contribution in [-0.4, -0.2) is 44.4 Å². The number of guanidine groups is 1.